The molecule has 1 unspecified atom stereocenters. The molecule has 0 amide bonds. The van der Waals surface area contributed by atoms with Gasteiger partial charge in [0.2, 0.25) is 0 Å². The monoisotopic (exact) mass is 318 g/mol. The van der Waals surface area contributed by atoms with Crippen LogP contribution in [-0.4, -0.2) is 30.6 Å². The van der Waals surface area contributed by atoms with Gasteiger partial charge in [0.15, 0.2) is 0 Å². The molecular formula is C13H23BrN2S. The van der Waals surface area contributed by atoms with Crippen molar-refractivity contribution >= 4 is 27.3 Å². The van der Waals surface area contributed by atoms with Crippen LogP contribution in [0.4, 0.5) is 0 Å². The SMILES string of the molecule is CCC(C)N(CC)CCNCc1cc(Br)cs1. The van der Waals surface area contributed by atoms with Crippen molar-refractivity contribution in [2.45, 2.75) is 39.8 Å². The van der Waals surface area contributed by atoms with Gasteiger partial charge in [0.25, 0.3) is 0 Å². The van der Waals surface area contributed by atoms with Crippen LogP contribution in [0.15, 0.2) is 15.9 Å². The van der Waals surface area contributed by atoms with Crippen LogP contribution >= 0.6 is 27.3 Å². The molecule has 0 saturated heterocycles. The Labute approximate surface area is 118 Å². The molecule has 98 valence electrons. The summed E-state index contributed by atoms with van der Waals surface area (Å²) in [5, 5.41) is 5.64. The molecule has 0 aliphatic rings. The predicted octanol–water partition coefficient (Wildman–Crippen LogP) is 3.72. The van der Waals surface area contributed by atoms with E-state index in [1.54, 1.807) is 11.3 Å². The molecule has 1 heterocycles. The number of nitrogens with zero attached hydrogens (tertiary/aromatic N) is 1. The Kier molecular flexibility index (Phi) is 7.35. The standard InChI is InChI=1S/C13H23BrN2S/c1-4-11(3)16(5-2)7-6-15-9-13-8-12(14)10-17-13/h8,10-11,15H,4-7,9H2,1-3H3. The van der Waals surface area contributed by atoms with Gasteiger partial charge in [-0.2, -0.15) is 0 Å². The Balaban J connectivity index is 2.18. The van der Waals surface area contributed by atoms with E-state index in [1.165, 1.54) is 15.8 Å². The highest BCUT2D eigenvalue weighted by molar-refractivity contribution is 9.10. The third-order valence-electron chi connectivity index (χ3n) is 3.12. The van der Waals surface area contributed by atoms with Crippen LogP contribution < -0.4 is 5.32 Å². The largest absolute Gasteiger partial charge is 0.311 e. The van der Waals surface area contributed by atoms with E-state index in [1.807, 2.05) is 0 Å². The van der Waals surface area contributed by atoms with Crippen molar-refractivity contribution in [2.75, 3.05) is 19.6 Å². The molecule has 0 aliphatic carbocycles. The molecule has 1 rings (SSSR count). The topological polar surface area (TPSA) is 15.3 Å². The summed E-state index contributed by atoms with van der Waals surface area (Å²) in [6, 6.07) is 2.88. The quantitative estimate of drug-likeness (QED) is 0.735. The van der Waals surface area contributed by atoms with Crippen molar-refractivity contribution in [2.24, 2.45) is 0 Å². The first-order valence-corrected chi connectivity index (χ1v) is 8.02. The van der Waals surface area contributed by atoms with Gasteiger partial charge >= 0.3 is 0 Å². The van der Waals surface area contributed by atoms with Gasteiger partial charge in [-0.3, -0.25) is 4.90 Å². The van der Waals surface area contributed by atoms with Gasteiger partial charge in [-0.1, -0.05) is 13.8 Å². The van der Waals surface area contributed by atoms with Crippen molar-refractivity contribution < 1.29 is 0 Å². The van der Waals surface area contributed by atoms with Gasteiger partial charge in [0.1, 0.15) is 0 Å². The summed E-state index contributed by atoms with van der Waals surface area (Å²) < 4.78 is 1.19. The molecule has 0 aromatic carbocycles. The summed E-state index contributed by atoms with van der Waals surface area (Å²) in [6.45, 7) is 11.1. The number of hydrogen-bond acceptors (Lipinski definition) is 3. The van der Waals surface area contributed by atoms with Crippen LogP contribution in [0.5, 0.6) is 0 Å². The number of halogens is 1. The summed E-state index contributed by atoms with van der Waals surface area (Å²) in [4.78, 5) is 3.92. The summed E-state index contributed by atoms with van der Waals surface area (Å²) in [5.41, 5.74) is 0. The molecule has 1 aromatic rings. The van der Waals surface area contributed by atoms with Crippen molar-refractivity contribution in [1.29, 1.82) is 0 Å². The first-order valence-electron chi connectivity index (χ1n) is 6.35. The summed E-state index contributed by atoms with van der Waals surface area (Å²) in [5.74, 6) is 0. The second-order valence-electron chi connectivity index (χ2n) is 4.29. The van der Waals surface area contributed by atoms with Crippen molar-refractivity contribution in [3.8, 4) is 0 Å². The number of nitrogens with one attached hydrogen (secondary N) is 1. The summed E-state index contributed by atoms with van der Waals surface area (Å²) in [7, 11) is 0. The number of rotatable bonds is 8. The fraction of sp³-hybridized carbons (Fsp3) is 0.692. The fourth-order valence-corrected chi connectivity index (χ4v) is 3.25. The average molecular weight is 319 g/mol. The first-order chi connectivity index (χ1) is 8.17. The molecular weight excluding hydrogens is 296 g/mol. The maximum Gasteiger partial charge on any atom is 0.0300 e. The van der Waals surface area contributed by atoms with E-state index in [0.29, 0.717) is 6.04 Å². The van der Waals surface area contributed by atoms with Crippen molar-refractivity contribution in [1.82, 2.24) is 10.2 Å². The Hall–Kier alpha value is 0.1000. The van der Waals surface area contributed by atoms with Gasteiger partial charge < -0.3 is 5.32 Å². The van der Waals surface area contributed by atoms with Crippen LogP contribution in [0.3, 0.4) is 0 Å². The Morgan fingerprint density at radius 3 is 2.76 bits per heavy atom. The fourth-order valence-electron chi connectivity index (χ4n) is 1.83. The molecule has 0 saturated carbocycles. The van der Waals surface area contributed by atoms with Gasteiger partial charge in [0, 0.05) is 40.4 Å². The first kappa shape index (κ1) is 15.2. The highest BCUT2D eigenvalue weighted by Crippen LogP contribution is 2.19. The zero-order chi connectivity index (χ0) is 12.7. The molecule has 1 atom stereocenters. The Bertz CT molecular complexity index is 314. The normalized spacial score (nSPS) is 13.2. The highest BCUT2D eigenvalue weighted by atomic mass is 79.9. The summed E-state index contributed by atoms with van der Waals surface area (Å²) in [6.07, 6.45) is 1.23. The highest BCUT2D eigenvalue weighted by Gasteiger charge is 2.08. The molecule has 2 nitrogen and oxygen atoms in total. The van der Waals surface area contributed by atoms with Crippen LogP contribution in [-0.2, 0) is 6.54 Å². The smallest absolute Gasteiger partial charge is 0.0300 e. The maximum absolute atomic E-state index is 3.51. The van der Waals surface area contributed by atoms with Crippen LogP contribution in [0.1, 0.15) is 32.1 Å². The molecule has 1 N–H and O–H groups in total. The lowest BCUT2D eigenvalue weighted by atomic mass is 10.2. The van der Waals surface area contributed by atoms with Gasteiger partial charge in [0.05, 0.1) is 0 Å². The Morgan fingerprint density at radius 2 is 2.24 bits per heavy atom. The maximum atomic E-state index is 3.51. The third-order valence-corrected chi connectivity index (χ3v) is 4.81. The minimum atomic E-state index is 0.692. The zero-order valence-corrected chi connectivity index (χ0v) is 13.4. The van der Waals surface area contributed by atoms with Gasteiger partial charge in [-0.15, -0.1) is 11.3 Å². The lowest BCUT2D eigenvalue weighted by Crippen LogP contribution is -2.37. The van der Waals surface area contributed by atoms with E-state index < -0.39 is 0 Å². The van der Waals surface area contributed by atoms with E-state index in [2.05, 4.69) is 58.4 Å². The van der Waals surface area contributed by atoms with E-state index in [0.717, 1.165) is 26.2 Å². The minimum Gasteiger partial charge on any atom is -0.311 e. The van der Waals surface area contributed by atoms with E-state index in [-0.39, 0.29) is 0 Å². The summed E-state index contributed by atoms with van der Waals surface area (Å²) >= 11 is 5.28. The molecule has 0 radical (unpaired) electrons. The average Bonchev–Trinajstić information content (AvgIpc) is 2.74. The van der Waals surface area contributed by atoms with Gasteiger partial charge in [-0.05, 0) is 41.9 Å². The Morgan fingerprint density at radius 1 is 1.47 bits per heavy atom. The molecule has 0 aliphatic heterocycles. The van der Waals surface area contributed by atoms with Crippen molar-refractivity contribution in [3.05, 3.63) is 20.8 Å². The number of thiophene rings is 1. The second-order valence-corrected chi connectivity index (χ2v) is 6.21. The van der Waals surface area contributed by atoms with Crippen LogP contribution in [0, 0.1) is 0 Å². The van der Waals surface area contributed by atoms with E-state index in [4.69, 9.17) is 0 Å². The van der Waals surface area contributed by atoms with Crippen LogP contribution in [0.25, 0.3) is 0 Å². The molecule has 4 heteroatoms. The molecule has 0 fully saturated rings. The van der Waals surface area contributed by atoms with Gasteiger partial charge in [-0.25, -0.2) is 0 Å². The lowest BCUT2D eigenvalue weighted by Gasteiger charge is -2.26. The minimum absolute atomic E-state index is 0.692. The lowest BCUT2D eigenvalue weighted by molar-refractivity contribution is 0.215. The molecule has 1 aromatic heterocycles. The third kappa shape index (κ3) is 5.51. The molecule has 0 bridgehead atoms. The number of likely N-dealkylation sites (N-methyl/N-ethyl adjacent to an activating group) is 1. The van der Waals surface area contributed by atoms with E-state index >= 15 is 0 Å². The molecule has 0 spiro atoms. The van der Waals surface area contributed by atoms with Crippen LogP contribution in [0.2, 0.25) is 0 Å². The number of hydrogen-bond donors (Lipinski definition) is 1. The predicted molar refractivity (Wildman–Crippen MR) is 80.7 cm³/mol. The molecule has 17 heavy (non-hydrogen) atoms. The zero-order valence-electron chi connectivity index (χ0n) is 11.0. The van der Waals surface area contributed by atoms with E-state index in [9.17, 15) is 0 Å². The van der Waals surface area contributed by atoms with Crippen molar-refractivity contribution in [3.63, 3.8) is 0 Å². The second kappa shape index (κ2) is 8.25.